The zero-order valence-corrected chi connectivity index (χ0v) is 13.5. The number of benzene rings is 1. The summed E-state index contributed by atoms with van der Waals surface area (Å²) in [6.07, 6.45) is 0.432. The lowest BCUT2D eigenvalue weighted by molar-refractivity contribution is 0.0708. The molecule has 7 heteroatoms. The molecule has 1 fully saturated rings. The summed E-state index contributed by atoms with van der Waals surface area (Å²) < 4.78 is 42.1. The first-order chi connectivity index (χ1) is 10.4. The van der Waals surface area contributed by atoms with Crippen molar-refractivity contribution in [1.82, 2.24) is 4.90 Å². The number of carbonyl (C=O) groups excluding carboxylic acids is 1. The summed E-state index contributed by atoms with van der Waals surface area (Å²) in [5.41, 5.74) is 0.201. The van der Waals surface area contributed by atoms with Crippen molar-refractivity contribution in [3.8, 4) is 5.75 Å². The number of halogens is 1. The number of amides is 1. The molecule has 1 amide bonds. The van der Waals surface area contributed by atoms with Crippen LogP contribution in [0.3, 0.4) is 0 Å². The van der Waals surface area contributed by atoms with Crippen LogP contribution in [0.2, 0.25) is 0 Å². The first kappa shape index (κ1) is 16.7. The van der Waals surface area contributed by atoms with Crippen LogP contribution in [0, 0.1) is 5.82 Å². The second kappa shape index (κ2) is 6.64. The van der Waals surface area contributed by atoms with E-state index in [1.54, 1.807) is 13.8 Å². The van der Waals surface area contributed by atoms with E-state index in [-0.39, 0.29) is 34.8 Å². The van der Waals surface area contributed by atoms with E-state index in [1.807, 2.05) is 0 Å². The highest BCUT2D eigenvalue weighted by atomic mass is 32.2. The van der Waals surface area contributed by atoms with Gasteiger partial charge >= 0.3 is 0 Å². The fraction of sp³-hybridized carbons (Fsp3) is 0.533. The molecule has 0 radical (unpaired) electrons. The number of carbonyl (C=O) groups is 1. The van der Waals surface area contributed by atoms with Crippen LogP contribution in [0.1, 0.15) is 30.6 Å². The molecular weight excluding hydrogens is 309 g/mol. The summed E-state index contributed by atoms with van der Waals surface area (Å²) >= 11 is 0. The smallest absolute Gasteiger partial charge is 0.254 e. The number of hydrogen-bond donors (Lipinski definition) is 0. The van der Waals surface area contributed by atoms with Gasteiger partial charge in [0.1, 0.15) is 0 Å². The van der Waals surface area contributed by atoms with Gasteiger partial charge in [0.25, 0.3) is 5.91 Å². The molecule has 1 aromatic carbocycles. The average molecular weight is 329 g/mol. The van der Waals surface area contributed by atoms with E-state index in [4.69, 9.17) is 4.74 Å². The van der Waals surface area contributed by atoms with Gasteiger partial charge in [-0.2, -0.15) is 0 Å². The quantitative estimate of drug-likeness (QED) is 0.827. The standard InChI is InChI=1S/C15H20FNO4S/c1-3-17(12-7-8-22(19,20)10-12)15(18)11-5-6-14(21-4-2)13(16)9-11/h5-6,9,12H,3-4,7-8,10H2,1-2H3. The molecule has 0 saturated carbocycles. The van der Waals surface area contributed by atoms with Crippen molar-refractivity contribution in [2.75, 3.05) is 24.7 Å². The van der Waals surface area contributed by atoms with Crippen molar-refractivity contribution < 1.29 is 22.3 Å². The molecule has 22 heavy (non-hydrogen) atoms. The van der Waals surface area contributed by atoms with E-state index in [0.29, 0.717) is 19.6 Å². The summed E-state index contributed by atoms with van der Waals surface area (Å²) in [6.45, 7) is 4.25. The number of ether oxygens (including phenoxy) is 1. The Hall–Kier alpha value is -1.63. The molecule has 0 aromatic heterocycles. The van der Waals surface area contributed by atoms with Crippen LogP contribution < -0.4 is 4.74 Å². The van der Waals surface area contributed by atoms with Crippen molar-refractivity contribution in [3.05, 3.63) is 29.6 Å². The molecule has 1 heterocycles. The van der Waals surface area contributed by atoms with E-state index < -0.39 is 15.7 Å². The third-order valence-electron chi connectivity index (χ3n) is 3.73. The minimum atomic E-state index is -3.08. The minimum absolute atomic E-state index is 0.0217. The third-order valence-corrected chi connectivity index (χ3v) is 5.48. The molecule has 5 nitrogen and oxygen atoms in total. The fourth-order valence-electron chi connectivity index (χ4n) is 2.66. The Morgan fingerprint density at radius 1 is 1.41 bits per heavy atom. The lowest BCUT2D eigenvalue weighted by atomic mass is 10.1. The highest BCUT2D eigenvalue weighted by molar-refractivity contribution is 7.91. The first-order valence-corrected chi connectivity index (χ1v) is 9.13. The molecule has 122 valence electrons. The second-order valence-corrected chi connectivity index (χ2v) is 7.45. The van der Waals surface area contributed by atoms with Crippen molar-refractivity contribution in [2.45, 2.75) is 26.3 Å². The van der Waals surface area contributed by atoms with Gasteiger partial charge in [0.2, 0.25) is 0 Å². The molecule has 2 rings (SSSR count). The van der Waals surface area contributed by atoms with E-state index in [9.17, 15) is 17.6 Å². The lowest BCUT2D eigenvalue weighted by Gasteiger charge is -2.27. The predicted octanol–water partition coefficient (Wildman–Crippen LogP) is 1.87. The topological polar surface area (TPSA) is 63.7 Å². The summed E-state index contributed by atoms with van der Waals surface area (Å²) in [5, 5.41) is 0. The normalized spacial score (nSPS) is 19.9. The monoisotopic (exact) mass is 329 g/mol. The molecule has 0 bridgehead atoms. The minimum Gasteiger partial charge on any atom is -0.491 e. The number of nitrogens with zero attached hydrogens (tertiary/aromatic N) is 1. The fourth-order valence-corrected chi connectivity index (χ4v) is 4.39. The third kappa shape index (κ3) is 3.58. The highest BCUT2D eigenvalue weighted by Crippen LogP contribution is 2.23. The molecule has 1 aliphatic rings. The molecule has 1 aliphatic heterocycles. The SMILES string of the molecule is CCOc1ccc(C(=O)N(CC)C2CCS(=O)(=O)C2)cc1F. The summed E-state index contributed by atoms with van der Waals surface area (Å²) in [5.74, 6) is -0.773. The van der Waals surface area contributed by atoms with Crippen LogP contribution in [0.5, 0.6) is 5.75 Å². The molecule has 0 spiro atoms. The van der Waals surface area contributed by atoms with Crippen molar-refractivity contribution in [2.24, 2.45) is 0 Å². The van der Waals surface area contributed by atoms with E-state index >= 15 is 0 Å². The molecule has 1 unspecified atom stereocenters. The van der Waals surface area contributed by atoms with Gasteiger partial charge in [-0.05, 0) is 38.5 Å². The van der Waals surface area contributed by atoms with Crippen molar-refractivity contribution in [3.63, 3.8) is 0 Å². The van der Waals surface area contributed by atoms with Gasteiger partial charge in [0.05, 0.1) is 18.1 Å². The molecular formula is C15H20FNO4S. The Morgan fingerprint density at radius 3 is 2.64 bits per heavy atom. The number of sulfone groups is 1. The van der Waals surface area contributed by atoms with Crippen LogP contribution in [0.4, 0.5) is 4.39 Å². The Kier molecular flexibility index (Phi) is 5.05. The Balaban J connectivity index is 2.20. The Bertz CT molecular complexity index is 660. The Labute approximate surface area is 130 Å². The predicted molar refractivity (Wildman–Crippen MR) is 81.3 cm³/mol. The molecule has 1 aromatic rings. The van der Waals surface area contributed by atoms with Gasteiger partial charge in [0, 0.05) is 18.2 Å². The number of rotatable bonds is 5. The molecule has 1 atom stereocenters. The van der Waals surface area contributed by atoms with Gasteiger partial charge in [-0.15, -0.1) is 0 Å². The van der Waals surface area contributed by atoms with Crippen LogP contribution in [-0.2, 0) is 9.84 Å². The van der Waals surface area contributed by atoms with Crippen molar-refractivity contribution >= 4 is 15.7 Å². The van der Waals surface area contributed by atoms with Gasteiger partial charge in [0.15, 0.2) is 21.4 Å². The van der Waals surface area contributed by atoms with Crippen LogP contribution >= 0.6 is 0 Å². The summed E-state index contributed by atoms with van der Waals surface area (Å²) in [7, 11) is -3.08. The molecule has 1 saturated heterocycles. The van der Waals surface area contributed by atoms with Crippen LogP contribution in [0.25, 0.3) is 0 Å². The van der Waals surface area contributed by atoms with E-state index in [1.165, 1.54) is 17.0 Å². The first-order valence-electron chi connectivity index (χ1n) is 7.31. The van der Waals surface area contributed by atoms with E-state index in [0.717, 1.165) is 6.07 Å². The van der Waals surface area contributed by atoms with Gasteiger partial charge in [-0.1, -0.05) is 0 Å². The molecule has 0 N–H and O–H groups in total. The zero-order chi connectivity index (χ0) is 16.3. The average Bonchev–Trinajstić information content (AvgIpc) is 2.82. The van der Waals surface area contributed by atoms with E-state index in [2.05, 4.69) is 0 Å². The van der Waals surface area contributed by atoms with Crippen molar-refractivity contribution in [1.29, 1.82) is 0 Å². The van der Waals surface area contributed by atoms with Crippen LogP contribution in [-0.4, -0.2) is 49.9 Å². The maximum atomic E-state index is 13.9. The second-order valence-electron chi connectivity index (χ2n) is 5.23. The number of hydrogen-bond acceptors (Lipinski definition) is 4. The van der Waals surface area contributed by atoms with Gasteiger partial charge in [-0.3, -0.25) is 4.79 Å². The maximum absolute atomic E-state index is 13.9. The van der Waals surface area contributed by atoms with Crippen LogP contribution in [0.15, 0.2) is 18.2 Å². The summed E-state index contributed by atoms with van der Waals surface area (Å²) in [6, 6.07) is 3.73. The Morgan fingerprint density at radius 2 is 2.14 bits per heavy atom. The van der Waals surface area contributed by atoms with Gasteiger partial charge < -0.3 is 9.64 Å². The van der Waals surface area contributed by atoms with Gasteiger partial charge in [-0.25, -0.2) is 12.8 Å². The maximum Gasteiger partial charge on any atom is 0.254 e. The largest absolute Gasteiger partial charge is 0.491 e. The highest BCUT2D eigenvalue weighted by Gasteiger charge is 2.34. The molecule has 0 aliphatic carbocycles. The summed E-state index contributed by atoms with van der Waals surface area (Å²) in [4.78, 5) is 14.0. The lowest BCUT2D eigenvalue weighted by Crippen LogP contribution is -2.41. The zero-order valence-electron chi connectivity index (χ0n) is 12.7.